The van der Waals surface area contributed by atoms with Gasteiger partial charge in [0.2, 0.25) is 0 Å². The molecule has 0 aliphatic carbocycles. The normalized spacial score (nSPS) is 11.4. The van der Waals surface area contributed by atoms with E-state index in [1.54, 1.807) is 42.5 Å². The van der Waals surface area contributed by atoms with Gasteiger partial charge in [-0.15, -0.1) is 0 Å². The van der Waals surface area contributed by atoms with Crippen LogP contribution in [0.15, 0.2) is 47.4 Å². The number of rotatable bonds is 4. The molecule has 0 atom stereocenters. The minimum absolute atomic E-state index is 0.205. The second-order valence-corrected chi connectivity index (χ2v) is 6.97. The van der Waals surface area contributed by atoms with Crippen LogP contribution in [0.3, 0.4) is 0 Å². The van der Waals surface area contributed by atoms with Crippen molar-refractivity contribution in [2.45, 2.75) is 25.3 Å². The monoisotopic (exact) mass is 305 g/mol. The highest BCUT2D eigenvalue weighted by Gasteiger charge is 2.23. The largest absolute Gasteiger partial charge is 0.392 e. The van der Waals surface area contributed by atoms with Gasteiger partial charge >= 0.3 is 0 Å². The topological polar surface area (TPSA) is 57.6 Å². The molecule has 2 aromatic rings. The van der Waals surface area contributed by atoms with Crippen LogP contribution in [0.1, 0.15) is 16.7 Å². The quantitative estimate of drug-likeness (QED) is 0.944. The van der Waals surface area contributed by atoms with E-state index in [2.05, 4.69) is 0 Å². The molecule has 5 heteroatoms. The van der Waals surface area contributed by atoms with E-state index in [0.29, 0.717) is 11.3 Å². The van der Waals surface area contributed by atoms with Crippen molar-refractivity contribution in [3.05, 3.63) is 59.2 Å². The lowest BCUT2D eigenvalue weighted by molar-refractivity contribution is 0.282. The van der Waals surface area contributed by atoms with Crippen molar-refractivity contribution in [1.82, 2.24) is 0 Å². The van der Waals surface area contributed by atoms with E-state index in [9.17, 15) is 13.5 Å². The lowest BCUT2D eigenvalue weighted by atomic mass is 10.1. The standard InChI is InChI=1S/C16H19NO3S/c1-12-8-9-15(10-13(12)2)21(19,20)17(3)16-7-5-4-6-14(16)11-18/h4-10,18H,11H2,1-3H3. The molecule has 0 saturated carbocycles. The molecule has 0 spiro atoms. The molecule has 1 N–H and O–H groups in total. The summed E-state index contributed by atoms with van der Waals surface area (Å²) in [7, 11) is -2.14. The Balaban J connectivity index is 2.50. The lowest BCUT2D eigenvalue weighted by Crippen LogP contribution is -2.27. The maximum Gasteiger partial charge on any atom is 0.264 e. The number of aliphatic hydroxyl groups is 1. The lowest BCUT2D eigenvalue weighted by Gasteiger charge is -2.22. The molecule has 0 aliphatic rings. The number of hydrogen-bond acceptors (Lipinski definition) is 3. The van der Waals surface area contributed by atoms with Crippen molar-refractivity contribution in [2.24, 2.45) is 0 Å². The zero-order valence-corrected chi connectivity index (χ0v) is 13.2. The summed E-state index contributed by atoms with van der Waals surface area (Å²) in [4.78, 5) is 0.251. The summed E-state index contributed by atoms with van der Waals surface area (Å²) in [6.45, 7) is 3.62. The van der Waals surface area contributed by atoms with Crippen LogP contribution in [0.25, 0.3) is 0 Å². The van der Waals surface area contributed by atoms with Gasteiger partial charge in [-0.25, -0.2) is 8.42 Å². The van der Waals surface area contributed by atoms with Crippen LogP contribution in [0, 0.1) is 13.8 Å². The number of nitrogens with zero attached hydrogens (tertiary/aromatic N) is 1. The van der Waals surface area contributed by atoms with Gasteiger partial charge in [-0.1, -0.05) is 24.3 Å². The Morgan fingerprint density at radius 2 is 1.71 bits per heavy atom. The van der Waals surface area contributed by atoms with Gasteiger partial charge in [0.25, 0.3) is 10.0 Å². The van der Waals surface area contributed by atoms with Gasteiger partial charge in [-0.05, 0) is 43.2 Å². The fourth-order valence-electron chi connectivity index (χ4n) is 2.11. The van der Waals surface area contributed by atoms with Crippen molar-refractivity contribution >= 4 is 15.7 Å². The van der Waals surface area contributed by atoms with E-state index < -0.39 is 10.0 Å². The molecule has 0 saturated heterocycles. The van der Waals surface area contributed by atoms with Gasteiger partial charge in [0.1, 0.15) is 0 Å². The maximum atomic E-state index is 12.7. The minimum Gasteiger partial charge on any atom is -0.392 e. The molecule has 2 aromatic carbocycles. The number of benzene rings is 2. The molecule has 0 fully saturated rings. The van der Waals surface area contributed by atoms with Crippen molar-refractivity contribution in [3.63, 3.8) is 0 Å². The van der Waals surface area contributed by atoms with E-state index in [1.807, 2.05) is 13.8 Å². The molecule has 0 heterocycles. The van der Waals surface area contributed by atoms with E-state index in [-0.39, 0.29) is 11.5 Å². The second-order valence-electron chi connectivity index (χ2n) is 5.01. The third-order valence-corrected chi connectivity index (χ3v) is 5.41. The maximum absolute atomic E-state index is 12.7. The SMILES string of the molecule is Cc1ccc(S(=O)(=O)N(C)c2ccccc2CO)cc1C. The van der Waals surface area contributed by atoms with E-state index in [0.717, 1.165) is 11.1 Å². The summed E-state index contributed by atoms with van der Waals surface area (Å²) in [6.07, 6.45) is 0. The molecule has 0 radical (unpaired) electrons. The van der Waals surface area contributed by atoms with Crippen LogP contribution in [-0.4, -0.2) is 20.6 Å². The van der Waals surface area contributed by atoms with Crippen LogP contribution < -0.4 is 4.31 Å². The first-order valence-corrected chi connectivity index (χ1v) is 8.07. The average molecular weight is 305 g/mol. The molecule has 0 unspecified atom stereocenters. The Bertz CT molecular complexity index is 754. The third-order valence-electron chi connectivity index (χ3n) is 3.64. The summed E-state index contributed by atoms with van der Waals surface area (Å²) < 4.78 is 26.6. The number of sulfonamides is 1. The summed E-state index contributed by atoms with van der Waals surface area (Å²) in [5.41, 5.74) is 3.04. The summed E-state index contributed by atoms with van der Waals surface area (Å²) in [5, 5.41) is 9.36. The minimum atomic E-state index is -3.64. The van der Waals surface area contributed by atoms with Crippen molar-refractivity contribution < 1.29 is 13.5 Å². The summed E-state index contributed by atoms with van der Waals surface area (Å²) in [6, 6.07) is 12.0. The van der Waals surface area contributed by atoms with Gasteiger partial charge in [-0.3, -0.25) is 4.31 Å². The van der Waals surface area contributed by atoms with E-state index >= 15 is 0 Å². The molecule has 21 heavy (non-hydrogen) atoms. The van der Waals surface area contributed by atoms with Crippen LogP contribution in [-0.2, 0) is 16.6 Å². The van der Waals surface area contributed by atoms with Gasteiger partial charge in [0.15, 0.2) is 0 Å². The van der Waals surface area contributed by atoms with Crippen LogP contribution >= 0.6 is 0 Å². The molecule has 4 nitrogen and oxygen atoms in total. The van der Waals surface area contributed by atoms with Crippen LogP contribution in [0.4, 0.5) is 5.69 Å². The van der Waals surface area contributed by atoms with E-state index in [1.165, 1.54) is 11.4 Å². The van der Waals surface area contributed by atoms with Crippen LogP contribution in [0.5, 0.6) is 0 Å². The van der Waals surface area contributed by atoms with Gasteiger partial charge in [0.05, 0.1) is 17.2 Å². The predicted molar refractivity (Wildman–Crippen MR) is 83.9 cm³/mol. The fourth-order valence-corrected chi connectivity index (χ4v) is 3.43. The zero-order valence-electron chi connectivity index (χ0n) is 12.4. The molecule has 2 rings (SSSR count). The molecular formula is C16H19NO3S. The first kappa shape index (κ1) is 15.5. The Hall–Kier alpha value is -1.85. The number of anilines is 1. The molecule has 0 amide bonds. The molecule has 0 bridgehead atoms. The fraction of sp³-hybridized carbons (Fsp3) is 0.250. The highest BCUT2D eigenvalue weighted by Crippen LogP contribution is 2.26. The summed E-state index contributed by atoms with van der Waals surface area (Å²) in [5.74, 6) is 0. The average Bonchev–Trinajstić information content (AvgIpc) is 2.49. The van der Waals surface area contributed by atoms with Gasteiger partial charge in [-0.2, -0.15) is 0 Å². The number of aliphatic hydroxyl groups excluding tert-OH is 1. The Kier molecular flexibility index (Phi) is 4.34. The smallest absolute Gasteiger partial charge is 0.264 e. The zero-order chi connectivity index (χ0) is 15.6. The molecule has 0 aromatic heterocycles. The van der Waals surface area contributed by atoms with Crippen LogP contribution in [0.2, 0.25) is 0 Å². The second kappa shape index (κ2) is 5.87. The number of aryl methyl sites for hydroxylation is 2. The van der Waals surface area contributed by atoms with Crippen molar-refractivity contribution in [2.75, 3.05) is 11.4 Å². The Morgan fingerprint density at radius 3 is 2.33 bits per heavy atom. The van der Waals surface area contributed by atoms with Crippen molar-refractivity contribution in [3.8, 4) is 0 Å². The highest BCUT2D eigenvalue weighted by atomic mass is 32.2. The third kappa shape index (κ3) is 2.94. The Labute approximate surface area is 125 Å². The van der Waals surface area contributed by atoms with Crippen molar-refractivity contribution in [1.29, 1.82) is 0 Å². The molecule has 0 aliphatic heterocycles. The first-order valence-electron chi connectivity index (χ1n) is 6.63. The summed E-state index contributed by atoms with van der Waals surface area (Å²) >= 11 is 0. The van der Waals surface area contributed by atoms with E-state index in [4.69, 9.17) is 0 Å². The number of para-hydroxylation sites is 1. The molecular weight excluding hydrogens is 286 g/mol. The predicted octanol–water partition coefficient (Wildman–Crippen LogP) is 2.62. The highest BCUT2D eigenvalue weighted by molar-refractivity contribution is 7.92. The first-order chi connectivity index (χ1) is 9.87. The molecule has 112 valence electrons. The number of hydrogen-bond donors (Lipinski definition) is 1. The van der Waals surface area contributed by atoms with Gasteiger partial charge in [0, 0.05) is 12.6 Å². The Morgan fingerprint density at radius 1 is 1.05 bits per heavy atom. The van der Waals surface area contributed by atoms with Gasteiger partial charge < -0.3 is 5.11 Å².